The Bertz CT molecular complexity index is 498. The smallest absolute Gasteiger partial charge is 0.146 e. The van der Waals surface area contributed by atoms with Crippen LogP contribution in [0.25, 0.3) is 11.3 Å². The molecular weight excluding hydrogens is 186 g/mol. The first-order chi connectivity index (χ1) is 7.08. The van der Waals surface area contributed by atoms with Gasteiger partial charge in [0.25, 0.3) is 0 Å². The molecule has 3 nitrogen and oxygen atoms in total. The molecule has 15 heavy (non-hydrogen) atoms. The Morgan fingerprint density at radius 1 is 1.20 bits per heavy atom. The molecule has 0 aliphatic rings. The molecule has 2 aromatic rings. The molecule has 0 bridgehead atoms. The van der Waals surface area contributed by atoms with Gasteiger partial charge < -0.3 is 5.73 Å². The Hall–Kier alpha value is -1.77. The molecule has 0 radical (unpaired) electrons. The van der Waals surface area contributed by atoms with E-state index in [9.17, 15) is 0 Å². The third kappa shape index (κ3) is 1.73. The van der Waals surface area contributed by atoms with Crippen molar-refractivity contribution in [2.24, 2.45) is 7.05 Å². The quantitative estimate of drug-likeness (QED) is 0.769. The van der Waals surface area contributed by atoms with Crippen molar-refractivity contribution in [3.8, 4) is 11.3 Å². The average molecular weight is 201 g/mol. The molecule has 0 unspecified atom stereocenters. The number of rotatable bonds is 1. The fraction of sp³-hybridized carbons (Fsp3) is 0.250. The van der Waals surface area contributed by atoms with Crippen LogP contribution in [-0.4, -0.2) is 9.78 Å². The van der Waals surface area contributed by atoms with Crippen LogP contribution in [0.4, 0.5) is 5.82 Å². The van der Waals surface area contributed by atoms with Gasteiger partial charge in [0.15, 0.2) is 0 Å². The monoisotopic (exact) mass is 201 g/mol. The van der Waals surface area contributed by atoms with Crippen LogP contribution in [-0.2, 0) is 7.05 Å². The number of hydrogen-bond donors (Lipinski definition) is 1. The second-order valence-corrected chi connectivity index (χ2v) is 3.90. The van der Waals surface area contributed by atoms with Crippen LogP contribution in [0, 0.1) is 13.8 Å². The van der Waals surface area contributed by atoms with Gasteiger partial charge in [-0.25, -0.2) is 0 Å². The zero-order valence-electron chi connectivity index (χ0n) is 9.28. The number of nitrogen functional groups attached to an aromatic ring is 1. The Morgan fingerprint density at radius 3 is 2.53 bits per heavy atom. The summed E-state index contributed by atoms with van der Waals surface area (Å²) in [6.45, 7) is 4.18. The van der Waals surface area contributed by atoms with E-state index in [1.165, 1.54) is 16.7 Å². The highest BCUT2D eigenvalue weighted by Gasteiger charge is 2.07. The number of aromatic nitrogens is 2. The lowest BCUT2D eigenvalue weighted by Gasteiger charge is -2.06. The number of nitrogens with two attached hydrogens (primary N) is 1. The summed E-state index contributed by atoms with van der Waals surface area (Å²) in [4.78, 5) is 0. The SMILES string of the molecule is Cc1ccc(C)c(-c2cc(N)nn2C)c1. The summed E-state index contributed by atoms with van der Waals surface area (Å²) >= 11 is 0. The minimum absolute atomic E-state index is 0.563. The Morgan fingerprint density at radius 2 is 1.93 bits per heavy atom. The lowest BCUT2D eigenvalue weighted by molar-refractivity contribution is 0.780. The van der Waals surface area contributed by atoms with Gasteiger partial charge in [0.1, 0.15) is 5.82 Å². The molecule has 0 spiro atoms. The van der Waals surface area contributed by atoms with Crippen molar-refractivity contribution < 1.29 is 0 Å². The lowest BCUT2D eigenvalue weighted by atomic mass is 10.0. The second-order valence-electron chi connectivity index (χ2n) is 3.90. The summed E-state index contributed by atoms with van der Waals surface area (Å²) in [5.74, 6) is 0.563. The molecule has 0 atom stereocenters. The van der Waals surface area contributed by atoms with Crippen molar-refractivity contribution in [2.45, 2.75) is 13.8 Å². The number of benzene rings is 1. The van der Waals surface area contributed by atoms with Gasteiger partial charge >= 0.3 is 0 Å². The normalized spacial score (nSPS) is 10.6. The van der Waals surface area contributed by atoms with E-state index in [0.29, 0.717) is 5.82 Å². The Labute approximate surface area is 89.5 Å². The minimum Gasteiger partial charge on any atom is -0.382 e. The predicted octanol–water partition coefficient (Wildman–Crippen LogP) is 2.29. The highest BCUT2D eigenvalue weighted by Crippen LogP contribution is 2.25. The molecule has 0 aliphatic carbocycles. The summed E-state index contributed by atoms with van der Waals surface area (Å²) in [6, 6.07) is 8.29. The van der Waals surface area contributed by atoms with Crippen molar-refractivity contribution in [2.75, 3.05) is 5.73 Å². The molecule has 1 aromatic carbocycles. The molecule has 2 N–H and O–H groups in total. The van der Waals surface area contributed by atoms with Gasteiger partial charge in [-0.05, 0) is 25.5 Å². The molecular formula is C12H15N3. The van der Waals surface area contributed by atoms with Crippen LogP contribution in [0.15, 0.2) is 24.3 Å². The van der Waals surface area contributed by atoms with E-state index in [1.54, 1.807) is 0 Å². The summed E-state index contributed by atoms with van der Waals surface area (Å²) in [5.41, 5.74) is 10.4. The zero-order chi connectivity index (χ0) is 11.0. The third-order valence-corrected chi connectivity index (χ3v) is 2.57. The van der Waals surface area contributed by atoms with E-state index in [-0.39, 0.29) is 0 Å². The molecule has 3 heteroatoms. The van der Waals surface area contributed by atoms with Gasteiger partial charge in [0.05, 0.1) is 5.69 Å². The van der Waals surface area contributed by atoms with Crippen molar-refractivity contribution in [3.63, 3.8) is 0 Å². The molecule has 0 saturated heterocycles. The van der Waals surface area contributed by atoms with Crippen LogP contribution in [0.1, 0.15) is 11.1 Å². The van der Waals surface area contributed by atoms with Crippen LogP contribution in [0.2, 0.25) is 0 Å². The van der Waals surface area contributed by atoms with Gasteiger partial charge in [-0.15, -0.1) is 0 Å². The van der Waals surface area contributed by atoms with E-state index in [1.807, 2.05) is 17.8 Å². The predicted molar refractivity (Wildman–Crippen MR) is 62.5 cm³/mol. The van der Waals surface area contributed by atoms with Gasteiger partial charge in [-0.3, -0.25) is 4.68 Å². The molecule has 0 aliphatic heterocycles. The first-order valence-electron chi connectivity index (χ1n) is 4.95. The first-order valence-corrected chi connectivity index (χ1v) is 4.95. The largest absolute Gasteiger partial charge is 0.382 e. The molecule has 1 aromatic heterocycles. The van der Waals surface area contributed by atoms with Crippen molar-refractivity contribution >= 4 is 5.82 Å². The van der Waals surface area contributed by atoms with E-state index in [4.69, 9.17) is 5.73 Å². The maximum atomic E-state index is 5.67. The van der Waals surface area contributed by atoms with E-state index >= 15 is 0 Å². The van der Waals surface area contributed by atoms with Crippen LogP contribution < -0.4 is 5.73 Å². The average Bonchev–Trinajstić information content (AvgIpc) is 2.50. The standard InChI is InChI=1S/C12H15N3/c1-8-4-5-9(2)10(6-8)11-7-12(13)14-15(11)3/h4-7H,1-3H3,(H2,13,14). The van der Waals surface area contributed by atoms with E-state index < -0.39 is 0 Å². The van der Waals surface area contributed by atoms with Gasteiger partial charge in [0, 0.05) is 18.7 Å². The topological polar surface area (TPSA) is 43.8 Å². The van der Waals surface area contributed by atoms with Crippen molar-refractivity contribution in [1.82, 2.24) is 9.78 Å². The Kier molecular flexibility index (Phi) is 2.23. The maximum Gasteiger partial charge on any atom is 0.146 e. The van der Waals surface area contributed by atoms with Gasteiger partial charge in [-0.2, -0.15) is 5.10 Å². The number of hydrogen-bond acceptors (Lipinski definition) is 2. The molecule has 0 amide bonds. The molecule has 78 valence electrons. The third-order valence-electron chi connectivity index (χ3n) is 2.57. The summed E-state index contributed by atoms with van der Waals surface area (Å²) in [6.07, 6.45) is 0. The van der Waals surface area contributed by atoms with Gasteiger partial charge in [-0.1, -0.05) is 17.7 Å². The fourth-order valence-electron chi connectivity index (χ4n) is 1.75. The van der Waals surface area contributed by atoms with E-state index in [2.05, 4.69) is 37.1 Å². The Balaban J connectivity index is 2.62. The number of aryl methyl sites for hydroxylation is 3. The van der Waals surface area contributed by atoms with Crippen LogP contribution in [0.5, 0.6) is 0 Å². The van der Waals surface area contributed by atoms with Crippen LogP contribution >= 0.6 is 0 Å². The molecule has 0 saturated carbocycles. The summed E-state index contributed by atoms with van der Waals surface area (Å²) in [5, 5.41) is 4.15. The fourth-order valence-corrected chi connectivity index (χ4v) is 1.75. The molecule has 1 heterocycles. The zero-order valence-corrected chi connectivity index (χ0v) is 9.28. The maximum absolute atomic E-state index is 5.67. The summed E-state index contributed by atoms with van der Waals surface area (Å²) in [7, 11) is 1.91. The van der Waals surface area contributed by atoms with Crippen molar-refractivity contribution in [1.29, 1.82) is 0 Å². The summed E-state index contributed by atoms with van der Waals surface area (Å²) < 4.78 is 1.82. The number of nitrogens with zero attached hydrogens (tertiary/aromatic N) is 2. The second kappa shape index (κ2) is 3.42. The van der Waals surface area contributed by atoms with E-state index in [0.717, 1.165) is 5.69 Å². The minimum atomic E-state index is 0.563. The highest BCUT2D eigenvalue weighted by molar-refractivity contribution is 5.67. The number of anilines is 1. The van der Waals surface area contributed by atoms with Crippen LogP contribution in [0.3, 0.4) is 0 Å². The van der Waals surface area contributed by atoms with Gasteiger partial charge in [0.2, 0.25) is 0 Å². The highest BCUT2D eigenvalue weighted by atomic mass is 15.3. The first kappa shape index (κ1) is 9.77. The lowest BCUT2D eigenvalue weighted by Crippen LogP contribution is -1.96. The molecule has 2 rings (SSSR count). The molecule has 0 fully saturated rings. The van der Waals surface area contributed by atoms with Crippen molar-refractivity contribution in [3.05, 3.63) is 35.4 Å².